The summed E-state index contributed by atoms with van der Waals surface area (Å²) in [6.45, 7) is 2.50. The molecule has 0 bridgehead atoms. The Morgan fingerprint density at radius 3 is 2.39 bits per heavy atom. The number of carboxylic acids is 1. The molecule has 2 rings (SSSR count). The molecule has 0 aliphatic carbocycles. The first-order valence-electron chi connectivity index (χ1n) is 8.71. The fourth-order valence-corrected chi connectivity index (χ4v) is 2.26. The molecule has 10 nitrogen and oxygen atoms in total. The second kappa shape index (κ2) is 10.1. The lowest BCUT2D eigenvalue weighted by molar-refractivity contribution is -0.137. The number of aryl methyl sites for hydroxylation is 1. The maximum atomic E-state index is 12.2. The van der Waals surface area contributed by atoms with E-state index in [1.54, 1.807) is 28.9 Å². The molecule has 0 spiro atoms. The number of hydrogen-bond donors (Lipinski definition) is 4. The Labute approximate surface area is 161 Å². The summed E-state index contributed by atoms with van der Waals surface area (Å²) in [5.74, 6) is -1.40. The summed E-state index contributed by atoms with van der Waals surface area (Å²) in [5.41, 5.74) is 7.63. The van der Waals surface area contributed by atoms with Crippen molar-refractivity contribution in [3.05, 3.63) is 42.2 Å². The number of rotatable bonds is 9. The summed E-state index contributed by atoms with van der Waals surface area (Å²) in [4.78, 5) is 34.1. The van der Waals surface area contributed by atoms with Crippen LogP contribution in [-0.4, -0.2) is 45.5 Å². The van der Waals surface area contributed by atoms with Crippen molar-refractivity contribution < 1.29 is 24.2 Å². The molecule has 2 aromatic rings. The molecule has 5 N–H and O–H groups in total. The van der Waals surface area contributed by atoms with Crippen LogP contribution in [0.3, 0.4) is 0 Å². The Morgan fingerprint density at radius 1 is 1.18 bits per heavy atom. The molecular weight excluding hydrogens is 366 g/mol. The molecule has 28 heavy (non-hydrogen) atoms. The SMILES string of the molecule is CCn1ccc(CC(N)C(=O)Nc2ccc(NC(=O)OCCC(=O)O)cc2)n1. The number of carbonyl (C=O) groups excluding carboxylic acids is 2. The minimum absolute atomic E-state index is 0.219. The van der Waals surface area contributed by atoms with E-state index >= 15 is 0 Å². The van der Waals surface area contributed by atoms with E-state index in [2.05, 4.69) is 15.7 Å². The molecule has 0 aliphatic rings. The Balaban J connectivity index is 1.81. The molecule has 0 aliphatic heterocycles. The molecule has 1 aromatic carbocycles. The van der Waals surface area contributed by atoms with Crippen molar-refractivity contribution >= 4 is 29.3 Å². The van der Waals surface area contributed by atoms with E-state index < -0.39 is 18.1 Å². The summed E-state index contributed by atoms with van der Waals surface area (Å²) in [6, 6.07) is 7.42. The van der Waals surface area contributed by atoms with Crippen molar-refractivity contribution in [2.24, 2.45) is 5.73 Å². The van der Waals surface area contributed by atoms with Crippen molar-refractivity contribution in [1.82, 2.24) is 9.78 Å². The van der Waals surface area contributed by atoms with Crippen molar-refractivity contribution in [2.75, 3.05) is 17.2 Å². The summed E-state index contributed by atoms with van der Waals surface area (Å²) in [5, 5.41) is 18.0. The van der Waals surface area contributed by atoms with Gasteiger partial charge in [0, 0.05) is 30.5 Å². The van der Waals surface area contributed by atoms with Gasteiger partial charge in [-0.1, -0.05) is 0 Å². The van der Waals surface area contributed by atoms with Gasteiger partial charge in [-0.15, -0.1) is 0 Å². The monoisotopic (exact) mass is 389 g/mol. The summed E-state index contributed by atoms with van der Waals surface area (Å²) in [7, 11) is 0. The Bertz CT molecular complexity index is 818. The highest BCUT2D eigenvalue weighted by molar-refractivity contribution is 5.95. The third-order valence-electron chi connectivity index (χ3n) is 3.73. The first-order chi connectivity index (χ1) is 13.4. The number of aliphatic carboxylic acids is 1. The lowest BCUT2D eigenvalue weighted by Crippen LogP contribution is -2.37. The number of carbonyl (C=O) groups is 3. The van der Waals surface area contributed by atoms with Crippen molar-refractivity contribution in [3.8, 4) is 0 Å². The van der Waals surface area contributed by atoms with Gasteiger partial charge in [0.15, 0.2) is 0 Å². The van der Waals surface area contributed by atoms with Gasteiger partial charge in [-0.3, -0.25) is 19.6 Å². The maximum absolute atomic E-state index is 12.2. The van der Waals surface area contributed by atoms with Crippen LogP contribution >= 0.6 is 0 Å². The van der Waals surface area contributed by atoms with E-state index in [0.717, 1.165) is 12.2 Å². The minimum atomic E-state index is -1.05. The van der Waals surface area contributed by atoms with Gasteiger partial charge in [0.05, 0.1) is 18.2 Å². The van der Waals surface area contributed by atoms with Crippen molar-refractivity contribution in [2.45, 2.75) is 32.4 Å². The van der Waals surface area contributed by atoms with Gasteiger partial charge in [-0.2, -0.15) is 5.10 Å². The fourth-order valence-electron chi connectivity index (χ4n) is 2.26. The first kappa shape index (κ1) is 20.9. The van der Waals surface area contributed by atoms with Crippen LogP contribution in [0, 0.1) is 0 Å². The average molecular weight is 389 g/mol. The molecule has 150 valence electrons. The molecule has 1 aromatic heterocycles. The Morgan fingerprint density at radius 2 is 1.82 bits per heavy atom. The van der Waals surface area contributed by atoms with Crippen molar-refractivity contribution in [3.63, 3.8) is 0 Å². The zero-order valence-electron chi connectivity index (χ0n) is 15.4. The third-order valence-corrected chi connectivity index (χ3v) is 3.73. The highest BCUT2D eigenvalue weighted by atomic mass is 16.5. The zero-order chi connectivity index (χ0) is 20.5. The van der Waals surface area contributed by atoms with Crippen LogP contribution in [0.4, 0.5) is 16.2 Å². The van der Waals surface area contributed by atoms with E-state index in [9.17, 15) is 14.4 Å². The molecule has 2 amide bonds. The van der Waals surface area contributed by atoms with Gasteiger partial charge < -0.3 is 20.9 Å². The Kier molecular flexibility index (Phi) is 7.52. The summed E-state index contributed by atoms with van der Waals surface area (Å²) < 4.78 is 6.49. The number of hydrogen-bond acceptors (Lipinski definition) is 6. The minimum Gasteiger partial charge on any atom is -0.481 e. The van der Waals surface area contributed by atoms with Gasteiger partial charge in [0.25, 0.3) is 0 Å². The van der Waals surface area contributed by atoms with E-state index in [1.807, 2.05) is 19.2 Å². The number of nitrogens with zero attached hydrogens (tertiary/aromatic N) is 2. The zero-order valence-corrected chi connectivity index (χ0v) is 15.4. The van der Waals surface area contributed by atoms with Crippen LogP contribution < -0.4 is 16.4 Å². The second-order valence-corrected chi connectivity index (χ2v) is 5.94. The van der Waals surface area contributed by atoms with Gasteiger partial charge in [-0.25, -0.2) is 4.79 Å². The van der Waals surface area contributed by atoms with Crippen LogP contribution in [0.25, 0.3) is 0 Å². The van der Waals surface area contributed by atoms with Gasteiger partial charge in [0.2, 0.25) is 5.91 Å². The van der Waals surface area contributed by atoms with E-state index in [-0.39, 0.29) is 18.9 Å². The lowest BCUT2D eigenvalue weighted by Gasteiger charge is -2.12. The van der Waals surface area contributed by atoms with Gasteiger partial charge >= 0.3 is 12.1 Å². The molecule has 0 saturated heterocycles. The summed E-state index contributed by atoms with van der Waals surface area (Å²) in [6.07, 6.45) is 1.13. The van der Waals surface area contributed by atoms with Gasteiger partial charge in [-0.05, 0) is 37.3 Å². The quantitative estimate of drug-likeness (QED) is 0.507. The van der Waals surface area contributed by atoms with Gasteiger partial charge in [0.1, 0.15) is 6.61 Å². The third kappa shape index (κ3) is 6.72. The number of anilines is 2. The number of amides is 2. The molecule has 1 heterocycles. The number of benzene rings is 1. The highest BCUT2D eigenvalue weighted by Gasteiger charge is 2.16. The number of carboxylic acid groups (broad SMARTS) is 1. The fraction of sp³-hybridized carbons (Fsp3) is 0.333. The molecule has 0 fully saturated rings. The Hall–Kier alpha value is -3.40. The van der Waals surface area contributed by atoms with E-state index in [0.29, 0.717) is 17.8 Å². The molecule has 1 atom stereocenters. The van der Waals surface area contributed by atoms with E-state index in [1.165, 1.54) is 0 Å². The first-order valence-corrected chi connectivity index (χ1v) is 8.71. The van der Waals surface area contributed by atoms with Crippen LogP contribution in [0.5, 0.6) is 0 Å². The van der Waals surface area contributed by atoms with E-state index in [4.69, 9.17) is 15.6 Å². The number of nitrogens with one attached hydrogen (secondary N) is 2. The summed E-state index contributed by atoms with van der Waals surface area (Å²) >= 11 is 0. The largest absolute Gasteiger partial charge is 0.481 e. The molecule has 1 unspecified atom stereocenters. The normalized spacial score (nSPS) is 11.5. The van der Waals surface area contributed by atoms with Crippen LogP contribution in [-0.2, 0) is 27.3 Å². The number of aromatic nitrogens is 2. The topological polar surface area (TPSA) is 149 Å². The standard InChI is InChI=1S/C18H23N5O5/c1-2-23-9-7-14(22-23)11-15(19)17(26)20-12-3-5-13(6-4-12)21-18(27)28-10-8-16(24)25/h3-7,9,15H,2,8,10-11,19H2,1H3,(H,20,26)(H,21,27)(H,24,25). The number of nitrogens with two attached hydrogens (primary N) is 1. The predicted octanol–water partition coefficient (Wildman–Crippen LogP) is 1.43. The number of ether oxygens (including phenoxy) is 1. The lowest BCUT2D eigenvalue weighted by atomic mass is 10.1. The molecule has 10 heteroatoms. The second-order valence-electron chi connectivity index (χ2n) is 5.94. The maximum Gasteiger partial charge on any atom is 0.411 e. The highest BCUT2D eigenvalue weighted by Crippen LogP contribution is 2.14. The van der Waals surface area contributed by atoms with Crippen molar-refractivity contribution in [1.29, 1.82) is 0 Å². The van der Waals surface area contributed by atoms with Crippen LogP contribution in [0.2, 0.25) is 0 Å². The molecule has 0 saturated carbocycles. The smallest absolute Gasteiger partial charge is 0.411 e. The van der Waals surface area contributed by atoms with Crippen LogP contribution in [0.15, 0.2) is 36.5 Å². The van der Waals surface area contributed by atoms with Crippen LogP contribution in [0.1, 0.15) is 19.0 Å². The average Bonchev–Trinajstić information content (AvgIpc) is 3.10. The molecular formula is C18H23N5O5. The molecule has 0 radical (unpaired) electrons. The predicted molar refractivity (Wildman–Crippen MR) is 102 cm³/mol.